The van der Waals surface area contributed by atoms with Crippen LogP contribution in [0.15, 0.2) is 0 Å². The molecular formula is C8H11NO4. The average Bonchev–Trinajstić information content (AvgIpc) is 2.16. The van der Waals surface area contributed by atoms with Gasteiger partial charge in [0.2, 0.25) is 6.29 Å². The molecular weight excluding hydrogens is 174 g/mol. The van der Waals surface area contributed by atoms with Gasteiger partial charge in [0.15, 0.2) is 0 Å². The fourth-order valence-corrected chi connectivity index (χ4v) is 1.52. The Morgan fingerprint density at radius 2 is 2.08 bits per heavy atom. The van der Waals surface area contributed by atoms with Crippen molar-refractivity contribution in [2.75, 3.05) is 6.54 Å². The summed E-state index contributed by atoms with van der Waals surface area (Å²) in [5.41, 5.74) is 0. The molecule has 0 aromatic carbocycles. The van der Waals surface area contributed by atoms with Gasteiger partial charge >= 0.3 is 5.97 Å². The first kappa shape index (κ1) is 9.70. The number of aldehydes is 1. The number of carboxylic acids is 1. The van der Waals surface area contributed by atoms with Crippen molar-refractivity contribution < 1.29 is 19.5 Å². The molecule has 1 aliphatic rings. The van der Waals surface area contributed by atoms with Gasteiger partial charge in [-0.05, 0) is 19.3 Å². The number of hydrogen-bond donors (Lipinski definition) is 1. The van der Waals surface area contributed by atoms with Crippen molar-refractivity contribution in [2.24, 2.45) is 0 Å². The van der Waals surface area contributed by atoms with E-state index in [1.807, 2.05) is 0 Å². The Morgan fingerprint density at radius 3 is 2.62 bits per heavy atom. The van der Waals surface area contributed by atoms with Crippen LogP contribution in [-0.2, 0) is 14.4 Å². The molecule has 1 aliphatic heterocycles. The number of piperidine rings is 1. The Kier molecular flexibility index (Phi) is 3.00. The fraction of sp³-hybridized carbons (Fsp3) is 0.625. The molecule has 5 nitrogen and oxygen atoms in total. The number of carbonyl (C=O) groups is 3. The van der Waals surface area contributed by atoms with E-state index in [1.54, 1.807) is 0 Å². The zero-order valence-electron chi connectivity index (χ0n) is 7.10. The molecule has 0 radical (unpaired) electrons. The lowest BCUT2D eigenvalue weighted by molar-refractivity contribution is -0.153. The Hall–Kier alpha value is -1.39. The SMILES string of the molecule is O=CC(=O)N1CCCC[C@H]1C(=O)O. The number of hydrogen-bond acceptors (Lipinski definition) is 3. The number of nitrogens with zero attached hydrogens (tertiary/aromatic N) is 1. The van der Waals surface area contributed by atoms with E-state index in [4.69, 9.17) is 5.11 Å². The van der Waals surface area contributed by atoms with Crippen molar-refractivity contribution in [3.05, 3.63) is 0 Å². The number of amides is 1. The second-order valence-electron chi connectivity index (χ2n) is 3.00. The maximum atomic E-state index is 11.0. The summed E-state index contributed by atoms with van der Waals surface area (Å²) >= 11 is 0. The molecule has 1 saturated heterocycles. The van der Waals surface area contributed by atoms with E-state index in [0.29, 0.717) is 13.0 Å². The van der Waals surface area contributed by atoms with Crippen LogP contribution in [0.3, 0.4) is 0 Å². The van der Waals surface area contributed by atoms with Gasteiger partial charge in [0, 0.05) is 6.54 Å². The average molecular weight is 185 g/mol. The van der Waals surface area contributed by atoms with Crippen molar-refractivity contribution in [2.45, 2.75) is 25.3 Å². The van der Waals surface area contributed by atoms with Crippen LogP contribution in [0.2, 0.25) is 0 Å². The standard InChI is InChI=1S/C8H11NO4/c10-5-7(11)9-4-2-1-3-6(9)8(12)13/h5-6H,1-4H2,(H,12,13)/t6-/m0/s1. The predicted molar refractivity (Wildman–Crippen MR) is 43.1 cm³/mol. The molecule has 1 atom stereocenters. The summed E-state index contributed by atoms with van der Waals surface area (Å²) in [4.78, 5) is 33.0. The summed E-state index contributed by atoms with van der Waals surface area (Å²) in [7, 11) is 0. The smallest absolute Gasteiger partial charge is 0.326 e. The van der Waals surface area contributed by atoms with E-state index in [9.17, 15) is 14.4 Å². The minimum atomic E-state index is -1.03. The van der Waals surface area contributed by atoms with E-state index < -0.39 is 17.9 Å². The van der Waals surface area contributed by atoms with Crippen LogP contribution >= 0.6 is 0 Å². The van der Waals surface area contributed by atoms with Crippen molar-refractivity contribution in [3.63, 3.8) is 0 Å². The van der Waals surface area contributed by atoms with Crippen LogP contribution in [0.5, 0.6) is 0 Å². The van der Waals surface area contributed by atoms with Crippen LogP contribution in [0, 0.1) is 0 Å². The molecule has 1 N–H and O–H groups in total. The summed E-state index contributed by atoms with van der Waals surface area (Å²) in [6.45, 7) is 0.370. The molecule has 5 heteroatoms. The van der Waals surface area contributed by atoms with Gasteiger partial charge in [0.25, 0.3) is 5.91 Å². The molecule has 1 heterocycles. The summed E-state index contributed by atoms with van der Waals surface area (Å²) in [5, 5.41) is 8.74. The monoisotopic (exact) mass is 185 g/mol. The number of carbonyl (C=O) groups excluding carboxylic acids is 2. The van der Waals surface area contributed by atoms with Crippen LogP contribution < -0.4 is 0 Å². The number of carboxylic acid groups (broad SMARTS) is 1. The fourth-order valence-electron chi connectivity index (χ4n) is 1.52. The topological polar surface area (TPSA) is 74.7 Å². The van der Waals surface area contributed by atoms with Gasteiger partial charge in [-0.25, -0.2) is 4.79 Å². The quantitative estimate of drug-likeness (QED) is 0.471. The third-order valence-electron chi connectivity index (χ3n) is 2.17. The van der Waals surface area contributed by atoms with Crippen molar-refractivity contribution in [1.82, 2.24) is 4.90 Å². The zero-order valence-corrected chi connectivity index (χ0v) is 7.10. The van der Waals surface area contributed by atoms with Gasteiger partial charge in [0.1, 0.15) is 6.04 Å². The highest BCUT2D eigenvalue weighted by molar-refractivity contribution is 6.24. The van der Waals surface area contributed by atoms with Crippen molar-refractivity contribution in [3.8, 4) is 0 Å². The Labute approximate surface area is 75.3 Å². The minimum Gasteiger partial charge on any atom is -0.480 e. The molecule has 0 unspecified atom stereocenters. The second-order valence-corrected chi connectivity index (χ2v) is 3.00. The molecule has 13 heavy (non-hydrogen) atoms. The van der Waals surface area contributed by atoms with Crippen molar-refractivity contribution >= 4 is 18.2 Å². The second kappa shape index (κ2) is 4.02. The van der Waals surface area contributed by atoms with Gasteiger partial charge in [-0.3, -0.25) is 9.59 Å². The molecule has 72 valence electrons. The minimum absolute atomic E-state index is 0.168. The van der Waals surface area contributed by atoms with E-state index in [-0.39, 0.29) is 6.29 Å². The lowest BCUT2D eigenvalue weighted by atomic mass is 10.0. The molecule has 1 fully saturated rings. The van der Waals surface area contributed by atoms with Crippen molar-refractivity contribution in [1.29, 1.82) is 0 Å². The first-order chi connectivity index (χ1) is 6.16. The van der Waals surface area contributed by atoms with Gasteiger partial charge in [0.05, 0.1) is 0 Å². The van der Waals surface area contributed by atoms with Gasteiger partial charge in [-0.1, -0.05) is 0 Å². The van der Waals surface area contributed by atoms with E-state index in [2.05, 4.69) is 0 Å². The maximum absolute atomic E-state index is 11.0. The molecule has 1 rings (SSSR count). The summed E-state index contributed by atoms with van der Waals surface area (Å²) in [5.74, 6) is -1.76. The largest absolute Gasteiger partial charge is 0.480 e. The molecule has 0 spiro atoms. The third kappa shape index (κ3) is 2.05. The molecule has 1 amide bonds. The van der Waals surface area contributed by atoms with Gasteiger partial charge in [-0.2, -0.15) is 0 Å². The van der Waals surface area contributed by atoms with E-state index in [1.165, 1.54) is 0 Å². The van der Waals surface area contributed by atoms with Crippen LogP contribution in [0.4, 0.5) is 0 Å². The van der Waals surface area contributed by atoms with Crippen LogP contribution in [0.25, 0.3) is 0 Å². The Bertz CT molecular complexity index is 238. The van der Waals surface area contributed by atoms with Gasteiger partial charge in [-0.15, -0.1) is 0 Å². The van der Waals surface area contributed by atoms with Crippen LogP contribution in [-0.4, -0.2) is 40.8 Å². The number of rotatable bonds is 2. The third-order valence-corrected chi connectivity index (χ3v) is 2.17. The predicted octanol–water partition coefficient (Wildman–Crippen LogP) is -0.349. The maximum Gasteiger partial charge on any atom is 0.326 e. The highest BCUT2D eigenvalue weighted by atomic mass is 16.4. The normalized spacial score (nSPS) is 22.5. The lowest BCUT2D eigenvalue weighted by Crippen LogP contribution is -2.48. The van der Waals surface area contributed by atoms with E-state index in [0.717, 1.165) is 17.7 Å². The highest BCUT2D eigenvalue weighted by Gasteiger charge is 2.31. The first-order valence-corrected chi connectivity index (χ1v) is 4.15. The first-order valence-electron chi connectivity index (χ1n) is 4.15. The molecule has 0 saturated carbocycles. The van der Waals surface area contributed by atoms with E-state index >= 15 is 0 Å². The highest BCUT2D eigenvalue weighted by Crippen LogP contribution is 2.16. The zero-order chi connectivity index (χ0) is 9.84. The Balaban J connectivity index is 2.72. The molecule has 0 aromatic heterocycles. The van der Waals surface area contributed by atoms with Crippen LogP contribution in [0.1, 0.15) is 19.3 Å². The Morgan fingerprint density at radius 1 is 1.38 bits per heavy atom. The molecule has 0 aliphatic carbocycles. The molecule has 0 aromatic rings. The number of aliphatic carboxylic acids is 1. The lowest BCUT2D eigenvalue weighted by Gasteiger charge is -2.31. The molecule has 0 bridgehead atoms. The summed E-state index contributed by atoms with van der Waals surface area (Å²) in [6.07, 6.45) is 2.17. The summed E-state index contributed by atoms with van der Waals surface area (Å²) < 4.78 is 0. The van der Waals surface area contributed by atoms with Gasteiger partial charge < -0.3 is 10.0 Å². The summed E-state index contributed by atoms with van der Waals surface area (Å²) in [6, 6.07) is -0.813. The number of likely N-dealkylation sites (tertiary alicyclic amines) is 1.